The van der Waals surface area contributed by atoms with Gasteiger partial charge < -0.3 is 10.4 Å². The third-order valence-electron chi connectivity index (χ3n) is 5.15. The summed E-state index contributed by atoms with van der Waals surface area (Å²) < 4.78 is 0. The van der Waals surface area contributed by atoms with Gasteiger partial charge in [0.2, 0.25) is 0 Å². The number of piperidine rings is 1. The Morgan fingerprint density at radius 3 is 2.50 bits per heavy atom. The fourth-order valence-electron chi connectivity index (χ4n) is 3.54. The molecule has 2 saturated heterocycles. The highest BCUT2D eigenvalue weighted by atomic mass is 16.4. The van der Waals surface area contributed by atoms with Gasteiger partial charge in [0, 0.05) is 18.7 Å². The SMILES string of the molecule is O=C(O)CCc1ccc(N2CC(=O)N(CCC3CCNCC3)C2=O)cc1. The number of hydrogen-bond acceptors (Lipinski definition) is 4. The summed E-state index contributed by atoms with van der Waals surface area (Å²) in [5, 5.41) is 12.1. The molecule has 0 spiro atoms. The van der Waals surface area contributed by atoms with Crippen molar-refractivity contribution >= 4 is 23.6 Å². The lowest BCUT2D eigenvalue weighted by atomic mass is 9.94. The normalized spacial score (nSPS) is 18.6. The third kappa shape index (κ3) is 4.40. The summed E-state index contributed by atoms with van der Waals surface area (Å²) in [6.07, 6.45) is 3.58. The number of imide groups is 1. The molecule has 2 aliphatic rings. The summed E-state index contributed by atoms with van der Waals surface area (Å²) in [6, 6.07) is 6.92. The van der Waals surface area contributed by atoms with Crippen LogP contribution in [0.25, 0.3) is 0 Å². The smallest absolute Gasteiger partial charge is 0.331 e. The summed E-state index contributed by atoms with van der Waals surface area (Å²) >= 11 is 0. The van der Waals surface area contributed by atoms with E-state index in [-0.39, 0.29) is 24.9 Å². The summed E-state index contributed by atoms with van der Waals surface area (Å²) in [5.74, 6) is -0.419. The number of aryl methyl sites for hydroxylation is 1. The van der Waals surface area contributed by atoms with E-state index >= 15 is 0 Å². The van der Waals surface area contributed by atoms with E-state index in [1.165, 1.54) is 9.80 Å². The molecule has 140 valence electrons. The van der Waals surface area contributed by atoms with Gasteiger partial charge in [-0.25, -0.2) is 4.79 Å². The number of carboxylic acids is 1. The van der Waals surface area contributed by atoms with Gasteiger partial charge in [0.1, 0.15) is 6.54 Å². The van der Waals surface area contributed by atoms with Gasteiger partial charge in [-0.15, -0.1) is 0 Å². The largest absolute Gasteiger partial charge is 0.481 e. The Morgan fingerprint density at radius 2 is 1.85 bits per heavy atom. The number of carboxylic acid groups (broad SMARTS) is 1. The lowest BCUT2D eigenvalue weighted by Gasteiger charge is -2.24. The molecule has 0 unspecified atom stereocenters. The Morgan fingerprint density at radius 1 is 1.15 bits per heavy atom. The minimum Gasteiger partial charge on any atom is -0.481 e. The molecule has 1 aromatic rings. The van der Waals surface area contributed by atoms with E-state index in [0.717, 1.165) is 37.9 Å². The maximum Gasteiger partial charge on any atom is 0.331 e. The van der Waals surface area contributed by atoms with Crippen molar-refractivity contribution in [3.05, 3.63) is 29.8 Å². The van der Waals surface area contributed by atoms with Gasteiger partial charge in [0.05, 0.1) is 0 Å². The van der Waals surface area contributed by atoms with Crippen molar-refractivity contribution in [2.45, 2.75) is 32.1 Å². The van der Waals surface area contributed by atoms with E-state index in [2.05, 4.69) is 5.32 Å². The van der Waals surface area contributed by atoms with Gasteiger partial charge in [0.15, 0.2) is 0 Å². The van der Waals surface area contributed by atoms with E-state index in [4.69, 9.17) is 5.11 Å². The molecule has 0 aliphatic carbocycles. The van der Waals surface area contributed by atoms with Crippen LogP contribution in [0.4, 0.5) is 10.5 Å². The van der Waals surface area contributed by atoms with Crippen LogP contribution < -0.4 is 10.2 Å². The van der Waals surface area contributed by atoms with Crippen molar-refractivity contribution in [3.8, 4) is 0 Å². The monoisotopic (exact) mass is 359 g/mol. The van der Waals surface area contributed by atoms with Gasteiger partial charge >= 0.3 is 12.0 Å². The van der Waals surface area contributed by atoms with Crippen molar-refractivity contribution in [3.63, 3.8) is 0 Å². The van der Waals surface area contributed by atoms with Crippen molar-refractivity contribution < 1.29 is 19.5 Å². The van der Waals surface area contributed by atoms with Crippen LogP contribution in [0, 0.1) is 5.92 Å². The molecular weight excluding hydrogens is 334 g/mol. The van der Waals surface area contributed by atoms with Crippen LogP contribution in [0.1, 0.15) is 31.2 Å². The zero-order valence-electron chi connectivity index (χ0n) is 14.8. The van der Waals surface area contributed by atoms with Gasteiger partial charge in [0.25, 0.3) is 5.91 Å². The standard InChI is InChI=1S/C19H25N3O4/c23-17-13-22(16-4-1-14(2-5-16)3-6-18(24)25)19(26)21(17)12-9-15-7-10-20-11-8-15/h1-2,4-5,15,20H,3,6-13H2,(H,24,25). The molecule has 2 fully saturated rings. The Kier molecular flexibility index (Phi) is 5.88. The van der Waals surface area contributed by atoms with Crippen LogP contribution in [0.3, 0.4) is 0 Å². The Labute approximate surface area is 153 Å². The van der Waals surface area contributed by atoms with Crippen molar-refractivity contribution in [1.29, 1.82) is 0 Å². The van der Waals surface area contributed by atoms with Gasteiger partial charge in [-0.05, 0) is 62.4 Å². The summed E-state index contributed by atoms with van der Waals surface area (Å²) in [5.41, 5.74) is 1.57. The van der Waals surface area contributed by atoms with Gasteiger partial charge in [-0.3, -0.25) is 19.4 Å². The minimum absolute atomic E-state index is 0.0690. The van der Waals surface area contributed by atoms with Crippen LogP contribution in [0.15, 0.2) is 24.3 Å². The highest BCUT2D eigenvalue weighted by molar-refractivity contribution is 6.12. The van der Waals surface area contributed by atoms with Gasteiger partial charge in [-0.1, -0.05) is 12.1 Å². The van der Waals surface area contributed by atoms with Crippen LogP contribution in [-0.2, 0) is 16.0 Å². The molecule has 7 heteroatoms. The van der Waals surface area contributed by atoms with E-state index in [1.807, 2.05) is 12.1 Å². The Bertz CT molecular complexity index is 668. The van der Waals surface area contributed by atoms with Crippen LogP contribution in [0.5, 0.6) is 0 Å². The van der Waals surface area contributed by atoms with Crippen molar-refractivity contribution in [1.82, 2.24) is 10.2 Å². The zero-order valence-corrected chi connectivity index (χ0v) is 14.8. The lowest BCUT2D eigenvalue weighted by molar-refractivity contribution is -0.137. The molecule has 1 aromatic carbocycles. The molecule has 2 N–H and O–H groups in total. The molecule has 0 radical (unpaired) electrons. The molecule has 0 saturated carbocycles. The average Bonchev–Trinajstić information content (AvgIpc) is 2.93. The molecule has 3 amide bonds. The first-order valence-corrected chi connectivity index (χ1v) is 9.18. The fourth-order valence-corrected chi connectivity index (χ4v) is 3.54. The molecular formula is C19H25N3O4. The highest BCUT2D eigenvalue weighted by Crippen LogP contribution is 2.24. The van der Waals surface area contributed by atoms with E-state index in [9.17, 15) is 14.4 Å². The molecule has 3 rings (SSSR count). The van der Waals surface area contributed by atoms with Gasteiger partial charge in [-0.2, -0.15) is 0 Å². The molecule has 7 nitrogen and oxygen atoms in total. The number of nitrogens with one attached hydrogen (secondary N) is 1. The minimum atomic E-state index is -0.834. The first-order chi connectivity index (χ1) is 12.5. The molecule has 0 bridgehead atoms. The second-order valence-electron chi connectivity index (χ2n) is 6.96. The number of carbonyl (C=O) groups is 3. The first kappa shape index (κ1) is 18.4. The number of rotatable bonds is 7. The topological polar surface area (TPSA) is 89.9 Å². The summed E-state index contributed by atoms with van der Waals surface area (Å²) in [6.45, 7) is 2.56. The second kappa shape index (κ2) is 8.31. The molecule has 2 aliphatic heterocycles. The number of amides is 3. The van der Waals surface area contributed by atoms with E-state index in [1.54, 1.807) is 12.1 Å². The highest BCUT2D eigenvalue weighted by Gasteiger charge is 2.36. The van der Waals surface area contributed by atoms with Crippen molar-refractivity contribution in [2.75, 3.05) is 31.1 Å². The summed E-state index contributed by atoms with van der Waals surface area (Å²) in [4.78, 5) is 38.4. The number of carbonyl (C=O) groups excluding carboxylic acids is 2. The number of aliphatic carboxylic acids is 1. The van der Waals surface area contributed by atoms with Crippen LogP contribution in [0.2, 0.25) is 0 Å². The third-order valence-corrected chi connectivity index (χ3v) is 5.15. The number of hydrogen-bond donors (Lipinski definition) is 2. The number of benzene rings is 1. The second-order valence-corrected chi connectivity index (χ2v) is 6.96. The maximum absolute atomic E-state index is 12.6. The predicted octanol–water partition coefficient (Wildman–Crippen LogP) is 1.86. The number of urea groups is 1. The quantitative estimate of drug-likeness (QED) is 0.726. The number of anilines is 1. The first-order valence-electron chi connectivity index (χ1n) is 9.18. The Hall–Kier alpha value is -2.41. The van der Waals surface area contributed by atoms with E-state index < -0.39 is 5.97 Å². The predicted molar refractivity (Wildman–Crippen MR) is 97.1 cm³/mol. The van der Waals surface area contributed by atoms with Crippen molar-refractivity contribution in [2.24, 2.45) is 5.92 Å². The van der Waals surface area contributed by atoms with E-state index in [0.29, 0.717) is 24.6 Å². The lowest BCUT2D eigenvalue weighted by Crippen LogP contribution is -2.36. The zero-order chi connectivity index (χ0) is 18.5. The number of nitrogens with zero attached hydrogens (tertiary/aromatic N) is 2. The van der Waals surface area contributed by atoms with Crippen LogP contribution in [-0.4, -0.2) is 54.1 Å². The maximum atomic E-state index is 12.6. The summed E-state index contributed by atoms with van der Waals surface area (Å²) in [7, 11) is 0. The van der Waals surface area contributed by atoms with Crippen LogP contribution >= 0.6 is 0 Å². The molecule has 26 heavy (non-hydrogen) atoms. The average molecular weight is 359 g/mol. The molecule has 2 heterocycles. The molecule has 0 aromatic heterocycles. The Balaban J connectivity index is 1.58. The fraction of sp³-hybridized carbons (Fsp3) is 0.526. The molecule has 0 atom stereocenters.